The number of nitrogens with zero attached hydrogens (tertiary/aromatic N) is 3. The molecule has 8 heteroatoms. The van der Waals surface area contributed by atoms with E-state index in [1.807, 2.05) is 52.8 Å². The molecule has 8 nitrogen and oxygen atoms in total. The Kier molecular flexibility index (Phi) is 7.36. The van der Waals surface area contributed by atoms with Gasteiger partial charge in [-0.2, -0.15) is 0 Å². The Morgan fingerprint density at radius 1 is 1.21 bits per heavy atom. The number of nitrogens with two attached hydrogens (primary N) is 1. The molecule has 0 unspecified atom stereocenters. The molecule has 0 aliphatic rings. The van der Waals surface area contributed by atoms with Crippen molar-refractivity contribution in [2.45, 2.75) is 60.4 Å². The lowest BCUT2D eigenvalue weighted by molar-refractivity contribution is 0.0987. The number of nitrogen functional groups attached to an aromatic ring is 1. The summed E-state index contributed by atoms with van der Waals surface area (Å²) < 4.78 is 1.34. The topological polar surface area (TPSA) is 114 Å². The molecular formula is C25H33N5O3. The van der Waals surface area contributed by atoms with E-state index >= 15 is 0 Å². The zero-order valence-corrected chi connectivity index (χ0v) is 20.1. The number of H-pyrrole nitrogens is 1. The van der Waals surface area contributed by atoms with Crippen LogP contribution in [0.1, 0.15) is 61.6 Å². The Hall–Kier alpha value is -3.42. The van der Waals surface area contributed by atoms with E-state index in [9.17, 15) is 14.4 Å². The van der Waals surface area contributed by atoms with E-state index in [2.05, 4.69) is 9.97 Å². The van der Waals surface area contributed by atoms with Gasteiger partial charge in [0.15, 0.2) is 5.69 Å². The molecule has 0 bridgehead atoms. The second kappa shape index (κ2) is 10.0. The number of amides is 1. The van der Waals surface area contributed by atoms with Crippen LogP contribution in [0, 0.1) is 19.8 Å². The van der Waals surface area contributed by atoms with Crippen LogP contribution in [-0.4, -0.2) is 27.0 Å². The molecule has 0 radical (unpaired) electrons. The number of nitrogens with one attached hydrogen (secondary N) is 1. The fraction of sp³-hybridized carbons (Fsp3) is 0.440. The van der Waals surface area contributed by atoms with Crippen LogP contribution >= 0.6 is 0 Å². The van der Waals surface area contributed by atoms with Gasteiger partial charge in [-0.1, -0.05) is 38.8 Å². The largest absolute Gasteiger partial charge is 0.383 e. The number of aromatic nitrogens is 3. The van der Waals surface area contributed by atoms with Gasteiger partial charge in [-0.3, -0.25) is 24.1 Å². The minimum atomic E-state index is -0.659. The number of aromatic amines is 1. The number of pyridine rings is 1. The fourth-order valence-corrected chi connectivity index (χ4v) is 3.87. The van der Waals surface area contributed by atoms with Gasteiger partial charge in [0, 0.05) is 24.2 Å². The Balaban J connectivity index is 2.23. The summed E-state index contributed by atoms with van der Waals surface area (Å²) in [5, 5.41) is 0.717. The lowest BCUT2D eigenvalue weighted by atomic mass is 10.0. The minimum Gasteiger partial charge on any atom is -0.383 e. The third-order valence-electron chi connectivity index (χ3n) is 5.72. The molecule has 1 aromatic carbocycles. The molecule has 1 amide bonds. The first-order valence-electron chi connectivity index (χ1n) is 11.5. The second-order valence-electron chi connectivity index (χ2n) is 8.97. The molecule has 2 aromatic heterocycles. The van der Waals surface area contributed by atoms with Gasteiger partial charge >= 0.3 is 5.69 Å². The van der Waals surface area contributed by atoms with Crippen LogP contribution in [-0.2, 0) is 6.54 Å². The zero-order valence-electron chi connectivity index (χ0n) is 20.1. The monoisotopic (exact) mass is 451 g/mol. The van der Waals surface area contributed by atoms with Gasteiger partial charge in [0.25, 0.3) is 11.5 Å². The second-order valence-corrected chi connectivity index (χ2v) is 8.97. The van der Waals surface area contributed by atoms with Crippen molar-refractivity contribution in [3.63, 3.8) is 0 Å². The Morgan fingerprint density at radius 2 is 1.94 bits per heavy atom. The van der Waals surface area contributed by atoms with E-state index in [-0.39, 0.29) is 17.4 Å². The SMILES string of the molecule is CCCCn1c(N)c(N(CCC(C)C)C(=O)c2cc(C)nc3ccc(C)cc23)c(=O)[nH]c1=O. The molecule has 0 atom stereocenters. The first kappa shape index (κ1) is 24.2. The van der Waals surface area contributed by atoms with Gasteiger partial charge in [-0.15, -0.1) is 0 Å². The Morgan fingerprint density at radius 3 is 2.61 bits per heavy atom. The Labute approximate surface area is 193 Å². The summed E-state index contributed by atoms with van der Waals surface area (Å²) in [4.78, 5) is 47.6. The number of aryl methyl sites for hydroxylation is 2. The number of anilines is 2. The highest BCUT2D eigenvalue weighted by atomic mass is 16.2. The number of carbonyl (C=O) groups excluding carboxylic acids is 1. The van der Waals surface area contributed by atoms with Crippen molar-refractivity contribution in [2.24, 2.45) is 5.92 Å². The van der Waals surface area contributed by atoms with Crippen molar-refractivity contribution in [1.29, 1.82) is 0 Å². The summed E-state index contributed by atoms with van der Waals surface area (Å²) in [7, 11) is 0. The molecule has 0 saturated carbocycles. The number of hydrogen-bond donors (Lipinski definition) is 2. The molecule has 0 spiro atoms. The maximum Gasteiger partial charge on any atom is 0.330 e. The predicted molar refractivity (Wildman–Crippen MR) is 133 cm³/mol. The number of fused-ring (bicyclic) bond motifs is 1. The molecule has 3 N–H and O–H groups in total. The first-order valence-corrected chi connectivity index (χ1v) is 11.5. The summed E-state index contributed by atoms with van der Waals surface area (Å²) >= 11 is 0. The van der Waals surface area contributed by atoms with Gasteiger partial charge in [0.1, 0.15) is 5.82 Å². The highest BCUT2D eigenvalue weighted by molar-refractivity contribution is 6.14. The molecule has 0 fully saturated rings. The third-order valence-corrected chi connectivity index (χ3v) is 5.72. The average molecular weight is 452 g/mol. The molecule has 0 saturated heterocycles. The van der Waals surface area contributed by atoms with Gasteiger partial charge in [0.2, 0.25) is 0 Å². The van der Waals surface area contributed by atoms with E-state index in [0.717, 1.165) is 23.8 Å². The summed E-state index contributed by atoms with van der Waals surface area (Å²) in [6.07, 6.45) is 2.25. The smallest absolute Gasteiger partial charge is 0.330 e. The molecule has 2 heterocycles. The summed E-state index contributed by atoms with van der Waals surface area (Å²) in [5.41, 5.74) is 8.02. The Bertz CT molecular complexity index is 1290. The van der Waals surface area contributed by atoms with Crippen molar-refractivity contribution in [1.82, 2.24) is 14.5 Å². The van der Waals surface area contributed by atoms with Gasteiger partial charge < -0.3 is 10.6 Å². The highest BCUT2D eigenvalue weighted by Crippen LogP contribution is 2.26. The van der Waals surface area contributed by atoms with Gasteiger partial charge in [-0.25, -0.2) is 4.79 Å². The van der Waals surface area contributed by atoms with E-state index in [1.165, 1.54) is 9.47 Å². The fourth-order valence-electron chi connectivity index (χ4n) is 3.87. The maximum atomic E-state index is 14.0. The number of unbranched alkanes of at least 4 members (excludes halogenated alkanes) is 1. The molecular weight excluding hydrogens is 418 g/mol. The van der Waals surface area contributed by atoms with Crippen LogP contribution in [0.15, 0.2) is 33.9 Å². The minimum absolute atomic E-state index is 0.0144. The van der Waals surface area contributed by atoms with Gasteiger partial charge in [-0.05, 0) is 50.8 Å². The van der Waals surface area contributed by atoms with Crippen LogP contribution in [0.4, 0.5) is 11.5 Å². The van der Waals surface area contributed by atoms with E-state index in [1.54, 1.807) is 6.07 Å². The number of hydrogen-bond acceptors (Lipinski definition) is 5. The molecule has 0 aliphatic heterocycles. The van der Waals surface area contributed by atoms with Crippen LogP contribution < -0.4 is 21.9 Å². The average Bonchev–Trinajstić information content (AvgIpc) is 2.74. The van der Waals surface area contributed by atoms with Gasteiger partial charge in [0.05, 0.1) is 11.1 Å². The van der Waals surface area contributed by atoms with Crippen molar-refractivity contribution in [3.05, 3.63) is 61.9 Å². The third kappa shape index (κ3) is 5.16. The number of rotatable bonds is 8. The zero-order chi connectivity index (χ0) is 24.3. The maximum absolute atomic E-state index is 14.0. The highest BCUT2D eigenvalue weighted by Gasteiger charge is 2.27. The van der Waals surface area contributed by atoms with Crippen molar-refractivity contribution in [2.75, 3.05) is 17.2 Å². The van der Waals surface area contributed by atoms with Crippen molar-refractivity contribution >= 4 is 28.3 Å². The predicted octanol–water partition coefficient (Wildman–Crippen LogP) is 3.78. The lowest BCUT2D eigenvalue weighted by Gasteiger charge is -2.26. The van der Waals surface area contributed by atoms with E-state index in [4.69, 9.17) is 5.73 Å². The summed E-state index contributed by atoms with van der Waals surface area (Å²) in [6, 6.07) is 7.50. The summed E-state index contributed by atoms with van der Waals surface area (Å²) in [5.74, 6) is -0.0278. The molecule has 0 aliphatic carbocycles. The molecule has 3 aromatic rings. The first-order chi connectivity index (χ1) is 15.6. The van der Waals surface area contributed by atoms with E-state index in [0.29, 0.717) is 42.2 Å². The van der Waals surface area contributed by atoms with Crippen molar-refractivity contribution < 1.29 is 4.79 Å². The normalized spacial score (nSPS) is 11.3. The number of benzene rings is 1. The summed E-state index contributed by atoms with van der Waals surface area (Å²) in [6.45, 7) is 10.6. The number of carbonyl (C=O) groups is 1. The van der Waals surface area contributed by atoms with Crippen LogP contribution in [0.2, 0.25) is 0 Å². The molecule has 33 heavy (non-hydrogen) atoms. The van der Waals surface area contributed by atoms with Crippen LogP contribution in [0.25, 0.3) is 10.9 Å². The van der Waals surface area contributed by atoms with Crippen molar-refractivity contribution in [3.8, 4) is 0 Å². The quantitative estimate of drug-likeness (QED) is 0.541. The van der Waals surface area contributed by atoms with Crippen LogP contribution in [0.5, 0.6) is 0 Å². The van der Waals surface area contributed by atoms with E-state index < -0.39 is 11.2 Å². The lowest BCUT2D eigenvalue weighted by Crippen LogP contribution is -2.42. The molecule has 176 valence electrons. The molecule has 3 rings (SSSR count). The van der Waals surface area contributed by atoms with Crippen LogP contribution in [0.3, 0.4) is 0 Å². The standard InChI is InChI=1S/C25H33N5O3/c1-6-7-11-30-22(26)21(23(31)28-25(30)33)29(12-10-15(2)3)24(32)19-14-17(5)27-20-9-8-16(4)13-18(19)20/h8-9,13-15H,6-7,10-12,26H2,1-5H3,(H,28,31,33).